The highest BCUT2D eigenvalue weighted by molar-refractivity contribution is 5.93. The number of nitrogens with zero attached hydrogens (tertiary/aromatic N) is 3. The van der Waals surface area contributed by atoms with E-state index in [2.05, 4.69) is 4.98 Å². The molecule has 1 atom stereocenters. The van der Waals surface area contributed by atoms with E-state index in [1.165, 1.54) is 9.30 Å². The second-order valence-electron chi connectivity index (χ2n) is 5.86. The number of aromatic nitrogens is 2. The summed E-state index contributed by atoms with van der Waals surface area (Å²) in [5.41, 5.74) is 1.28. The quantitative estimate of drug-likeness (QED) is 0.875. The number of imidazole rings is 1. The summed E-state index contributed by atoms with van der Waals surface area (Å²) in [6, 6.07) is 3.54. The molecule has 1 amide bonds. The Hall–Kier alpha value is -1.95. The van der Waals surface area contributed by atoms with E-state index >= 15 is 0 Å². The molecule has 1 aliphatic heterocycles. The third-order valence-corrected chi connectivity index (χ3v) is 4.02. The van der Waals surface area contributed by atoms with E-state index in [9.17, 15) is 9.18 Å². The van der Waals surface area contributed by atoms with Crippen molar-refractivity contribution in [2.24, 2.45) is 0 Å². The van der Waals surface area contributed by atoms with Crippen LogP contribution < -0.4 is 0 Å². The van der Waals surface area contributed by atoms with Crippen molar-refractivity contribution in [1.82, 2.24) is 14.3 Å². The Morgan fingerprint density at radius 2 is 2.36 bits per heavy atom. The zero-order chi connectivity index (χ0) is 15.7. The number of fused-ring (bicyclic) bond motifs is 1. The van der Waals surface area contributed by atoms with Crippen molar-refractivity contribution >= 4 is 11.6 Å². The molecule has 1 aliphatic rings. The number of ether oxygens (including phenoxy) is 1. The highest BCUT2D eigenvalue weighted by atomic mass is 19.1. The summed E-state index contributed by atoms with van der Waals surface area (Å²) in [6.45, 7) is 3.10. The number of likely N-dealkylation sites (N-methyl/N-ethyl adjacent to an activating group) is 1. The van der Waals surface area contributed by atoms with Crippen molar-refractivity contribution in [2.75, 3.05) is 20.2 Å². The summed E-state index contributed by atoms with van der Waals surface area (Å²) in [4.78, 5) is 18.1. The van der Waals surface area contributed by atoms with Gasteiger partial charge in [-0.1, -0.05) is 0 Å². The first-order valence-electron chi connectivity index (χ1n) is 7.57. The molecule has 1 fully saturated rings. The molecule has 6 heteroatoms. The fourth-order valence-corrected chi connectivity index (χ4v) is 2.77. The number of amides is 1. The van der Waals surface area contributed by atoms with Crippen LogP contribution in [0.1, 0.15) is 35.3 Å². The van der Waals surface area contributed by atoms with Crippen LogP contribution in [0.5, 0.6) is 0 Å². The van der Waals surface area contributed by atoms with E-state index in [0.717, 1.165) is 31.4 Å². The standard InChI is InChI=1S/C16H20FN3O2/c1-11-6-7-20-13(9-11)18-14(15(20)17)16(21)19(2)10-12-5-3-4-8-22-12/h6-7,9,12H,3-5,8,10H2,1-2H3/t12-/m0/s1. The van der Waals surface area contributed by atoms with Crippen molar-refractivity contribution in [3.8, 4) is 0 Å². The summed E-state index contributed by atoms with van der Waals surface area (Å²) in [7, 11) is 1.66. The van der Waals surface area contributed by atoms with Gasteiger partial charge in [0.25, 0.3) is 5.91 Å². The van der Waals surface area contributed by atoms with E-state index < -0.39 is 11.9 Å². The largest absolute Gasteiger partial charge is 0.376 e. The number of rotatable bonds is 3. The zero-order valence-corrected chi connectivity index (χ0v) is 12.9. The Morgan fingerprint density at radius 1 is 1.55 bits per heavy atom. The smallest absolute Gasteiger partial charge is 0.277 e. The van der Waals surface area contributed by atoms with Crippen LogP contribution in [0.15, 0.2) is 18.3 Å². The van der Waals surface area contributed by atoms with Crippen LogP contribution >= 0.6 is 0 Å². The molecule has 0 unspecified atom stereocenters. The van der Waals surface area contributed by atoms with Gasteiger partial charge in [0.05, 0.1) is 6.10 Å². The molecule has 0 radical (unpaired) electrons. The van der Waals surface area contributed by atoms with Crippen molar-refractivity contribution in [1.29, 1.82) is 0 Å². The average molecular weight is 305 g/mol. The fraction of sp³-hybridized carbons (Fsp3) is 0.500. The van der Waals surface area contributed by atoms with Gasteiger partial charge in [-0.05, 0) is 43.9 Å². The molecule has 2 aromatic heterocycles. The number of carbonyl (C=O) groups excluding carboxylic acids is 1. The van der Waals surface area contributed by atoms with Crippen molar-refractivity contribution in [3.05, 3.63) is 35.5 Å². The molecule has 0 N–H and O–H groups in total. The number of hydrogen-bond acceptors (Lipinski definition) is 3. The van der Waals surface area contributed by atoms with Crippen LogP contribution in [0.3, 0.4) is 0 Å². The Labute approximate surface area is 128 Å². The molecule has 118 valence electrons. The van der Waals surface area contributed by atoms with Crippen LogP contribution in [0.2, 0.25) is 0 Å². The molecule has 3 rings (SSSR count). The normalized spacial score (nSPS) is 18.6. The minimum Gasteiger partial charge on any atom is -0.376 e. The van der Waals surface area contributed by atoms with Crippen LogP contribution in [-0.2, 0) is 4.74 Å². The molecule has 0 bridgehead atoms. The lowest BCUT2D eigenvalue weighted by Crippen LogP contribution is -2.37. The first-order valence-corrected chi connectivity index (χ1v) is 7.57. The van der Waals surface area contributed by atoms with Gasteiger partial charge in [-0.25, -0.2) is 4.98 Å². The van der Waals surface area contributed by atoms with Gasteiger partial charge in [-0.2, -0.15) is 4.39 Å². The molecule has 0 saturated carbocycles. The van der Waals surface area contributed by atoms with Gasteiger partial charge in [0.1, 0.15) is 5.65 Å². The Kier molecular flexibility index (Phi) is 4.11. The maximum absolute atomic E-state index is 14.4. The Bertz CT molecular complexity index is 692. The summed E-state index contributed by atoms with van der Waals surface area (Å²) < 4.78 is 21.3. The first kappa shape index (κ1) is 15.0. The van der Waals surface area contributed by atoms with Gasteiger partial charge in [0, 0.05) is 26.4 Å². The number of halogens is 1. The van der Waals surface area contributed by atoms with Crippen LogP contribution in [0.4, 0.5) is 4.39 Å². The molecular weight excluding hydrogens is 285 g/mol. The minimum absolute atomic E-state index is 0.0324. The van der Waals surface area contributed by atoms with Crippen molar-refractivity contribution in [2.45, 2.75) is 32.3 Å². The van der Waals surface area contributed by atoms with E-state index in [1.807, 2.05) is 6.92 Å². The van der Waals surface area contributed by atoms with Crippen molar-refractivity contribution < 1.29 is 13.9 Å². The molecule has 22 heavy (non-hydrogen) atoms. The zero-order valence-electron chi connectivity index (χ0n) is 12.9. The Balaban J connectivity index is 1.80. The number of hydrogen-bond donors (Lipinski definition) is 0. The summed E-state index contributed by atoms with van der Waals surface area (Å²) in [5.74, 6) is -1.02. The lowest BCUT2D eigenvalue weighted by Gasteiger charge is -2.27. The lowest BCUT2D eigenvalue weighted by molar-refractivity contribution is -0.000372. The van der Waals surface area contributed by atoms with Crippen molar-refractivity contribution in [3.63, 3.8) is 0 Å². The molecular formula is C16H20FN3O2. The molecule has 2 aromatic rings. The second-order valence-corrected chi connectivity index (χ2v) is 5.86. The molecule has 0 aromatic carbocycles. The van der Waals surface area contributed by atoms with Crippen LogP contribution in [-0.4, -0.2) is 46.5 Å². The SMILES string of the molecule is Cc1ccn2c(F)c(C(=O)N(C)C[C@@H]3CCCCO3)nc2c1. The highest BCUT2D eigenvalue weighted by Crippen LogP contribution is 2.17. The molecule has 5 nitrogen and oxygen atoms in total. The second kappa shape index (κ2) is 6.04. The summed E-state index contributed by atoms with van der Waals surface area (Å²) in [6.07, 6.45) is 4.73. The Morgan fingerprint density at radius 3 is 3.09 bits per heavy atom. The molecule has 1 saturated heterocycles. The van der Waals surface area contributed by atoms with Gasteiger partial charge < -0.3 is 9.64 Å². The molecule has 0 aliphatic carbocycles. The highest BCUT2D eigenvalue weighted by Gasteiger charge is 2.25. The maximum atomic E-state index is 14.4. The monoisotopic (exact) mass is 305 g/mol. The summed E-state index contributed by atoms with van der Waals surface area (Å²) in [5, 5.41) is 0. The van der Waals surface area contributed by atoms with Crippen LogP contribution in [0, 0.1) is 12.9 Å². The number of carbonyl (C=O) groups is 1. The van der Waals surface area contributed by atoms with Crippen LogP contribution in [0.25, 0.3) is 5.65 Å². The topological polar surface area (TPSA) is 46.8 Å². The van der Waals surface area contributed by atoms with Gasteiger partial charge in [-0.15, -0.1) is 0 Å². The lowest BCUT2D eigenvalue weighted by atomic mass is 10.1. The summed E-state index contributed by atoms with van der Waals surface area (Å²) >= 11 is 0. The fourth-order valence-electron chi connectivity index (χ4n) is 2.77. The number of aryl methyl sites for hydroxylation is 1. The van der Waals surface area contributed by atoms with Gasteiger partial charge in [-0.3, -0.25) is 9.20 Å². The van der Waals surface area contributed by atoms with E-state index in [-0.39, 0.29) is 11.8 Å². The third-order valence-electron chi connectivity index (χ3n) is 4.02. The third kappa shape index (κ3) is 2.83. The van der Waals surface area contributed by atoms with Gasteiger partial charge in [0.2, 0.25) is 5.95 Å². The molecule has 0 spiro atoms. The van der Waals surface area contributed by atoms with Gasteiger partial charge >= 0.3 is 0 Å². The minimum atomic E-state index is -0.614. The van der Waals surface area contributed by atoms with E-state index in [0.29, 0.717) is 12.2 Å². The van der Waals surface area contributed by atoms with Gasteiger partial charge in [0.15, 0.2) is 5.69 Å². The predicted octanol–water partition coefficient (Wildman–Crippen LogP) is 2.42. The number of pyridine rings is 1. The predicted molar refractivity (Wildman–Crippen MR) is 80.4 cm³/mol. The first-order chi connectivity index (χ1) is 10.6. The van der Waals surface area contributed by atoms with E-state index in [1.54, 1.807) is 25.4 Å². The van der Waals surface area contributed by atoms with E-state index in [4.69, 9.17) is 4.74 Å². The molecule has 3 heterocycles. The average Bonchev–Trinajstić information content (AvgIpc) is 2.83. The maximum Gasteiger partial charge on any atom is 0.277 e.